The number of amides is 3. The van der Waals surface area contributed by atoms with Gasteiger partial charge in [-0.15, -0.1) is 0 Å². The van der Waals surface area contributed by atoms with Gasteiger partial charge in [-0.3, -0.25) is 4.79 Å². The molecule has 150 valence electrons. The molecule has 1 aliphatic rings. The van der Waals surface area contributed by atoms with Crippen LogP contribution in [0.5, 0.6) is 0 Å². The molecule has 1 N–H and O–H groups in total. The van der Waals surface area contributed by atoms with E-state index in [9.17, 15) is 9.59 Å². The summed E-state index contributed by atoms with van der Waals surface area (Å²) in [7, 11) is 3.75. The Morgan fingerprint density at radius 2 is 1.96 bits per heavy atom. The minimum Gasteiger partial charge on any atom is -0.350 e. The van der Waals surface area contributed by atoms with E-state index in [0.29, 0.717) is 37.7 Å². The van der Waals surface area contributed by atoms with Crippen molar-refractivity contribution in [1.82, 2.24) is 25.1 Å². The first-order valence-corrected chi connectivity index (χ1v) is 9.67. The summed E-state index contributed by atoms with van der Waals surface area (Å²) < 4.78 is 0. The summed E-state index contributed by atoms with van der Waals surface area (Å²) in [6.07, 6.45) is 2.39. The molecule has 0 bridgehead atoms. The Labute approximate surface area is 161 Å². The molecule has 1 fully saturated rings. The number of carbonyl (C=O) groups excluding carboxylic acids is 2. The third kappa shape index (κ3) is 4.87. The van der Waals surface area contributed by atoms with E-state index in [1.54, 1.807) is 6.20 Å². The Hall–Kier alpha value is -2.38. The lowest BCUT2D eigenvalue weighted by atomic mass is 9.99. The van der Waals surface area contributed by atoms with Gasteiger partial charge in [-0.25, -0.2) is 14.8 Å². The number of rotatable bonds is 6. The molecule has 1 saturated heterocycles. The number of carbonyl (C=O) groups is 2. The lowest BCUT2D eigenvalue weighted by Crippen LogP contribution is -2.41. The summed E-state index contributed by atoms with van der Waals surface area (Å²) in [5.74, 6) is 0.428. The smallest absolute Gasteiger partial charge is 0.319 e. The van der Waals surface area contributed by atoms with Gasteiger partial charge in [0.15, 0.2) is 0 Å². The van der Waals surface area contributed by atoms with Gasteiger partial charge in [-0.2, -0.15) is 0 Å². The Bertz CT molecular complexity index is 672. The van der Waals surface area contributed by atoms with Crippen LogP contribution >= 0.6 is 0 Å². The van der Waals surface area contributed by atoms with Gasteiger partial charge < -0.3 is 20.0 Å². The van der Waals surface area contributed by atoms with Crippen LogP contribution in [0, 0.1) is 0 Å². The van der Waals surface area contributed by atoms with Crippen LogP contribution in [0.1, 0.15) is 56.1 Å². The lowest BCUT2D eigenvalue weighted by molar-refractivity contribution is 0.0941. The van der Waals surface area contributed by atoms with Gasteiger partial charge in [0.05, 0.1) is 11.3 Å². The fourth-order valence-electron chi connectivity index (χ4n) is 3.28. The van der Waals surface area contributed by atoms with Crippen molar-refractivity contribution in [2.24, 2.45) is 0 Å². The molecule has 8 heteroatoms. The van der Waals surface area contributed by atoms with Crippen molar-refractivity contribution >= 4 is 17.9 Å². The van der Waals surface area contributed by atoms with Crippen molar-refractivity contribution in [3.05, 3.63) is 17.5 Å². The van der Waals surface area contributed by atoms with Crippen molar-refractivity contribution in [3.63, 3.8) is 0 Å². The van der Waals surface area contributed by atoms with Crippen molar-refractivity contribution in [1.29, 1.82) is 0 Å². The molecule has 0 aromatic carbocycles. The van der Waals surface area contributed by atoms with Gasteiger partial charge >= 0.3 is 6.03 Å². The molecule has 2 heterocycles. The monoisotopic (exact) mass is 376 g/mol. The normalized spacial score (nSPS) is 16.6. The molecule has 2 rings (SSSR count). The molecule has 1 aromatic heterocycles. The van der Waals surface area contributed by atoms with Crippen LogP contribution in [0.25, 0.3) is 0 Å². The van der Waals surface area contributed by atoms with Crippen LogP contribution in [0.2, 0.25) is 0 Å². The van der Waals surface area contributed by atoms with Crippen molar-refractivity contribution < 1.29 is 9.59 Å². The molecule has 1 atom stereocenters. The fraction of sp³-hybridized carbons (Fsp3) is 0.684. The second-order valence-electron chi connectivity index (χ2n) is 7.38. The van der Waals surface area contributed by atoms with Gasteiger partial charge in [-0.1, -0.05) is 0 Å². The summed E-state index contributed by atoms with van der Waals surface area (Å²) in [5, 5.41) is 2.92. The van der Waals surface area contributed by atoms with E-state index >= 15 is 0 Å². The van der Waals surface area contributed by atoms with E-state index in [-0.39, 0.29) is 23.9 Å². The second kappa shape index (κ2) is 9.01. The largest absolute Gasteiger partial charge is 0.350 e. The van der Waals surface area contributed by atoms with E-state index in [0.717, 1.165) is 12.1 Å². The molecule has 3 amide bonds. The van der Waals surface area contributed by atoms with Crippen LogP contribution in [0.15, 0.2) is 6.20 Å². The highest BCUT2D eigenvalue weighted by atomic mass is 16.2. The van der Waals surface area contributed by atoms with Crippen LogP contribution in [0.3, 0.4) is 0 Å². The predicted molar refractivity (Wildman–Crippen MR) is 106 cm³/mol. The van der Waals surface area contributed by atoms with Crippen LogP contribution in [0.4, 0.5) is 10.7 Å². The number of hydrogen-bond acceptors (Lipinski definition) is 5. The number of nitrogens with one attached hydrogen (secondary N) is 1. The molecule has 27 heavy (non-hydrogen) atoms. The first-order valence-electron chi connectivity index (χ1n) is 9.67. The Morgan fingerprint density at radius 3 is 2.52 bits per heavy atom. The Balaban J connectivity index is 2.29. The van der Waals surface area contributed by atoms with Gasteiger partial charge in [0.1, 0.15) is 0 Å². The standard InChI is InChI=1S/C19H32N6O2/c1-7-24(8-2)19(27)25-10-9-14(12-25)16-15(17(26)21-13(3)4)11-20-18(22-16)23(5)6/h11,13-14H,7-10,12H2,1-6H3,(H,21,26). The van der Waals surface area contributed by atoms with Crippen LogP contribution in [-0.2, 0) is 0 Å². The fourth-order valence-corrected chi connectivity index (χ4v) is 3.28. The number of likely N-dealkylation sites (tertiary alicyclic amines) is 1. The van der Waals surface area contributed by atoms with Gasteiger partial charge in [0, 0.05) is 58.4 Å². The average Bonchev–Trinajstić information content (AvgIpc) is 3.11. The molecule has 1 unspecified atom stereocenters. The highest BCUT2D eigenvalue weighted by Crippen LogP contribution is 2.29. The average molecular weight is 377 g/mol. The van der Waals surface area contributed by atoms with E-state index in [2.05, 4.69) is 15.3 Å². The topological polar surface area (TPSA) is 81.7 Å². The summed E-state index contributed by atoms with van der Waals surface area (Å²) in [6.45, 7) is 10.4. The zero-order valence-corrected chi connectivity index (χ0v) is 17.3. The predicted octanol–water partition coefficient (Wildman–Crippen LogP) is 1.93. The third-order valence-electron chi connectivity index (χ3n) is 4.75. The van der Waals surface area contributed by atoms with Gasteiger partial charge in [-0.05, 0) is 34.1 Å². The zero-order valence-electron chi connectivity index (χ0n) is 17.3. The lowest BCUT2D eigenvalue weighted by Gasteiger charge is -2.26. The van der Waals surface area contributed by atoms with Crippen molar-refractivity contribution in [3.8, 4) is 0 Å². The van der Waals surface area contributed by atoms with Gasteiger partial charge in [0.2, 0.25) is 5.95 Å². The van der Waals surface area contributed by atoms with E-state index < -0.39 is 0 Å². The summed E-state index contributed by atoms with van der Waals surface area (Å²) in [6, 6.07) is 0.0840. The molecular weight excluding hydrogens is 344 g/mol. The van der Waals surface area contributed by atoms with Crippen LogP contribution < -0.4 is 10.2 Å². The SMILES string of the molecule is CCN(CC)C(=O)N1CCC(c2nc(N(C)C)ncc2C(=O)NC(C)C)C1. The highest BCUT2D eigenvalue weighted by molar-refractivity contribution is 5.95. The highest BCUT2D eigenvalue weighted by Gasteiger charge is 2.33. The Morgan fingerprint density at radius 1 is 1.30 bits per heavy atom. The number of hydrogen-bond donors (Lipinski definition) is 1. The molecule has 1 aromatic rings. The first kappa shape index (κ1) is 20.9. The minimum absolute atomic E-state index is 0.0270. The van der Waals surface area contributed by atoms with Crippen molar-refractivity contribution in [2.45, 2.75) is 46.1 Å². The zero-order chi connectivity index (χ0) is 20.1. The van der Waals surface area contributed by atoms with Crippen LogP contribution in [-0.4, -0.2) is 78.0 Å². The van der Waals surface area contributed by atoms with E-state index in [1.807, 2.05) is 56.5 Å². The molecule has 0 spiro atoms. The maximum Gasteiger partial charge on any atom is 0.319 e. The van der Waals surface area contributed by atoms with Crippen molar-refractivity contribution in [2.75, 3.05) is 45.2 Å². The second-order valence-corrected chi connectivity index (χ2v) is 7.38. The minimum atomic E-state index is -0.168. The molecular formula is C19H32N6O2. The van der Waals surface area contributed by atoms with Gasteiger partial charge in [0.25, 0.3) is 5.91 Å². The summed E-state index contributed by atoms with van der Waals surface area (Å²) >= 11 is 0. The third-order valence-corrected chi connectivity index (χ3v) is 4.75. The maximum atomic E-state index is 12.7. The summed E-state index contributed by atoms with van der Waals surface area (Å²) in [5.41, 5.74) is 1.22. The molecule has 8 nitrogen and oxygen atoms in total. The Kier molecular flexibility index (Phi) is 6.98. The molecule has 0 aliphatic carbocycles. The first-order chi connectivity index (χ1) is 12.8. The number of anilines is 1. The molecule has 0 radical (unpaired) electrons. The number of nitrogens with zero attached hydrogens (tertiary/aromatic N) is 5. The quantitative estimate of drug-likeness (QED) is 0.820. The molecule has 1 aliphatic heterocycles. The number of aromatic nitrogens is 2. The summed E-state index contributed by atoms with van der Waals surface area (Å²) in [4.78, 5) is 39.8. The van der Waals surface area contributed by atoms with E-state index in [1.165, 1.54) is 0 Å². The van der Waals surface area contributed by atoms with E-state index in [4.69, 9.17) is 0 Å². The molecule has 0 saturated carbocycles. The number of urea groups is 1. The maximum absolute atomic E-state index is 12.7.